The molecule has 35 heavy (non-hydrogen) atoms. The Morgan fingerprint density at radius 2 is 2.06 bits per heavy atom. The molecule has 0 spiro atoms. The molecule has 0 unspecified atom stereocenters. The summed E-state index contributed by atoms with van der Waals surface area (Å²) in [4.78, 5) is 15.3. The van der Waals surface area contributed by atoms with Gasteiger partial charge in [-0.25, -0.2) is 4.39 Å². The predicted octanol–water partition coefficient (Wildman–Crippen LogP) is 5.53. The van der Waals surface area contributed by atoms with E-state index in [4.69, 9.17) is 16.3 Å². The molecule has 1 aromatic rings. The van der Waals surface area contributed by atoms with E-state index in [2.05, 4.69) is 5.32 Å². The molecular formula is C28H44ClFN2O3. The number of carbonyl (C=O) groups excluding carboxylic acids is 1. The lowest BCUT2D eigenvalue weighted by atomic mass is 9.73. The highest BCUT2D eigenvalue weighted by atomic mass is 35.5. The first-order valence-electron chi connectivity index (χ1n) is 13.5. The molecule has 1 saturated heterocycles. The highest BCUT2D eigenvalue weighted by molar-refractivity contribution is 6.30. The fourth-order valence-electron chi connectivity index (χ4n) is 6.25. The lowest BCUT2D eigenvalue weighted by molar-refractivity contribution is -0.138. The number of unbranched alkanes of at least 4 members (excludes halogenated alkanes) is 1. The molecule has 0 aromatic heterocycles. The summed E-state index contributed by atoms with van der Waals surface area (Å²) in [6.45, 7) is 2.58. The van der Waals surface area contributed by atoms with Gasteiger partial charge in [0.2, 0.25) is 5.91 Å². The monoisotopic (exact) mass is 510 g/mol. The van der Waals surface area contributed by atoms with E-state index in [-0.39, 0.29) is 22.4 Å². The second-order valence-electron chi connectivity index (χ2n) is 10.7. The molecule has 2 fully saturated rings. The molecule has 1 aliphatic heterocycles. The van der Waals surface area contributed by atoms with Crippen molar-refractivity contribution in [3.05, 3.63) is 34.6 Å². The number of amides is 1. The third-order valence-corrected chi connectivity index (χ3v) is 8.41. The van der Waals surface area contributed by atoms with Gasteiger partial charge in [-0.15, -0.1) is 0 Å². The van der Waals surface area contributed by atoms with Gasteiger partial charge < -0.3 is 20.1 Å². The van der Waals surface area contributed by atoms with Gasteiger partial charge in [-0.05, 0) is 70.0 Å². The number of hydrogen-bond acceptors (Lipinski definition) is 4. The van der Waals surface area contributed by atoms with Gasteiger partial charge in [0, 0.05) is 44.7 Å². The Kier molecular flexibility index (Phi) is 11.3. The highest BCUT2D eigenvalue weighted by Gasteiger charge is 2.43. The minimum atomic E-state index is -1.38. The number of aliphatic hydroxyl groups is 1. The third-order valence-electron chi connectivity index (χ3n) is 8.12. The number of carbonyl (C=O) groups is 1. The second-order valence-corrected chi connectivity index (χ2v) is 11.1. The molecule has 1 saturated carbocycles. The number of ether oxygens (including phenoxy) is 1. The summed E-state index contributed by atoms with van der Waals surface area (Å²) in [7, 11) is 3.60. The Morgan fingerprint density at radius 3 is 2.77 bits per heavy atom. The van der Waals surface area contributed by atoms with Crippen LogP contribution in [-0.4, -0.2) is 56.3 Å². The topological polar surface area (TPSA) is 61.8 Å². The van der Waals surface area contributed by atoms with E-state index in [0.717, 1.165) is 38.1 Å². The summed E-state index contributed by atoms with van der Waals surface area (Å²) in [6.07, 6.45) is 10.2. The molecule has 2 aliphatic rings. The quantitative estimate of drug-likeness (QED) is 0.343. The van der Waals surface area contributed by atoms with Crippen LogP contribution in [0.25, 0.3) is 0 Å². The fraction of sp³-hybridized carbons (Fsp3) is 0.750. The number of nitrogens with zero attached hydrogens (tertiary/aromatic N) is 1. The van der Waals surface area contributed by atoms with Crippen LogP contribution in [0.2, 0.25) is 5.02 Å². The molecule has 3 atom stereocenters. The van der Waals surface area contributed by atoms with Gasteiger partial charge in [-0.3, -0.25) is 4.79 Å². The van der Waals surface area contributed by atoms with Gasteiger partial charge in [-0.2, -0.15) is 0 Å². The maximum Gasteiger partial charge on any atom is 0.222 e. The molecule has 198 valence electrons. The van der Waals surface area contributed by atoms with Gasteiger partial charge in [-0.1, -0.05) is 49.4 Å². The summed E-state index contributed by atoms with van der Waals surface area (Å²) >= 11 is 6.10. The average Bonchev–Trinajstić information content (AvgIpc) is 3.36. The van der Waals surface area contributed by atoms with E-state index in [9.17, 15) is 9.90 Å². The van der Waals surface area contributed by atoms with Crippen molar-refractivity contribution < 1.29 is 19.0 Å². The maximum atomic E-state index is 15.1. The van der Waals surface area contributed by atoms with E-state index in [1.807, 2.05) is 11.9 Å². The zero-order chi connectivity index (χ0) is 25.3. The van der Waals surface area contributed by atoms with Crippen LogP contribution in [0.3, 0.4) is 0 Å². The molecule has 0 radical (unpaired) electrons. The van der Waals surface area contributed by atoms with E-state index in [0.29, 0.717) is 44.9 Å². The number of nitrogens with one attached hydrogen (secondary N) is 1. The van der Waals surface area contributed by atoms with Crippen LogP contribution in [0.15, 0.2) is 18.2 Å². The minimum absolute atomic E-state index is 0.0170. The largest absolute Gasteiger partial charge is 0.385 e. The van der Waals surface area contributed by atoms with Crippen LogP contribution in [-0.2, 0) is 15.1 Å². The van der Waals surface area contributed by atoms with Crippen molar-refractivity contribution in [1.82, 2.24) is 10.2 Å². The van der Waals surface area contributed by atoms with E-state index < -0.39 is 11.4 Å². The average molecular weight is 511 g/mol. The first-order valence-corrected chi connectivity index (χ1v) is 13.8. The summed E-state index contributed by atoms with van der Waals surface area (Å²) < 4.78 is 20.3. The third kappa shape index (κ3) is 7.64. The van der Waals surface area contributed by atoms with Crippen LogP contribution >= 0.6 is 11.6 Å². The molecule has 5 nitrogen and oxygen atoms in total. The van der Waals surface area contributed by atoms with Crippen LogP contribution in [0.4, 0.5) is 4.39 Å². The van der Waals surface area contributed by atoms with Crippen molar-refractivity contribution in [1.29, 1.82) is 0 Å². The van der Waals surface area contributed by atoms with Crippen LogP contribution in [0.1, 0.15) is 76.2 Å². The van der Waals surface area contributed by atoms with Crippen molar-refractivity contribution in [2.45, 2.75) is 76.2 Å². The smallest absolute Gasteiger partial charge is 0.222 e. The lowest BCUT2D eigenvalue weighted by Gasteiger charge is -2.43. The molecule has 1 heterocycles. The number of likely N-dealkylation sites (tertiary alicyclic amines) is 1. The summed E-state index contributed by atoms with van der Waals surface area (Å²) in [5, 5.41) is 15.3. The van der Waals surface area contributed by atoms with Crippen LogP contribution in [0, 0.1) is 23.6 Å². The molecule has 1 aliphatic carbocycles. The summed E-state index contributed by atoms with van der Waals surface area (Å²) in [5.41, 5.74) is -1.13. The Labute approximate surface area is 215 Å². The Hall–Kier alpha value is -1.21. The Morgan fingerprint density at radius 1 is 1.29 bits per heavy atom. The van der Waals surface area contributed by atoms with Gasteiger partial charge in [0.15, 0.2) is 0 Å². The molecule has 0 bridgehead atoms. The number of benzene rings is 1. The second kappa shape index (κ2) is 13.9. The Balaban J connectivity index is 1.73. The van der Waals surface area contributed by atoms with Gasteiger partial charge >= 0.3 is 0 Å². The van der Waals surface area contributed by atoms with Crippen molar-refractivity contribution in [2.24, 2.45) is 17.8 Å². The Bertz CT molecular complexity index is 804. The molecule has 7 heteroatoms. The van der Waals surface area contributed by atoms with Crippen molar-refractivity contribution in [3.63, 3.8) is 0 Å². The minimum Gasteiger partial charge on any atom is -0.385 e. The number of halogens is 2. The molecule has 1 amide bonds. The number of hydrogen-bond donors (Lipinski definition) is 2. The normalized spacial score (nSPS) is 21.7. The van der Waals surface area contributed by atoms with Crippen LogP contribution in [0.5, 0.6) is 0 Å². The van der Waals surface area contributed by atoms with Crippen LogP contribution < -0.4 is 5.32 Å². The van der Waals surface area contributed by atoms with Crippen molar-refractivity contribution in [2.75, 3.05) is 40.4 Å². The first-order chi connectivity index (χ1) is 16.9. The summed E-state index contributed by atoms with van der Waals surface area (Å²) in [6, 6.07) is 4.84. The van der Waals surface area contributed by atoms with Crippen molar-refractivity contribution in [3.8, 4) is 0 Å². The van der Waals surface area contributed by atoms with E-state index >= 15 is 4.39 Å². The zero-order valence-electron chi connectivity index (χ0n) is 21.5. The van der Waals surface area contributed by atoms with Crippen molar-refractivity contribution >= 4 is 17.5 Å². The fourth-order valence-corrected chi connectivity index (χ4v) is 6.43. The SMILES string of the molecule is CNC[C@@H](CC(=O)N1CCC[C@@H]([C@@](O)(CCCCOC)c2cccc(Cl)c2F)C1)CC1CCCC1. The number of methoxy groups -OCH3 is 1. The summed E-state index contributed by atoms with van der Waals surface area (Å²) in [5.74, 6) is 0.416. The standard InChI is InChI=1S/C28H44ClFN2O3/c1-31-19-22(17-21-9-3-4-10-21)18-26(33)32-15-8-11-23(20-32)28(34,14-5-6-16-35-2)24-12-7-13-25(29)27(24)30/h7,12-13,21-23,31,34H,3-6,8-11,14-20H2,1-2H3/t22-,23-,28+/m1/s1. The van der Waals surface area contributed by atoms with E-state index in [1.165, 1.54) is 31.7 Å². The molecule has 2 N–H and O–H groups in total. The zero-order valence-corrected chi connectivity index (χ0v) is 22.3. The van der Waals surface area contributed by atoms with Gasteiger partial charge in [0.25, 0.3) is 0 Å². The number of piperidine rings is 1. The van der Waals surface area contributed by atoms with Gasteiger partial charge in [0.05, 0.1) is 10.6 Å². The molecular weight excluding hydrogens is 467 g/mol. The molecule has 3 rings (SSSR count). The first kappa shape index (κ1) is 28.4. The highest BCUT2D eigenvalue weighted by Crippen LogP contribution is 2.42. The predicted molar refractivity (Wildman–Crippen MR) is 139 cm³/mol. The molecule has 1 aromatic carbocycles. The lowest BCUT2D eigenvalue weighted by Crippen LogP contribution is -2.49. The van der Waals surface area contributed by atoms with E-state index in [1.54, 1.807) is 19.2 Å². The number of rotatable bonds is 13. The van der Waals surface area contributed by atoms with Gasteiger partial charge in [0.1, 0.15) is 5.82 Å². The maximum absolute atomic E-state index is 15.1.